The van der Waals surface area contributed by atoms with Crippen LogP contribution in [0.4, 0.5) is 0 Å². The van der Waals surface area contributed by atoms with Crippen molar-refractivity contribution in [1.82, 2.24) is 0 Å². The van der Waals surface area contributed by atoms with Crippen molar-refractivity contribution < 1.29 is 0 Å². The summed E-state index contributed by atoms with van der Waals surface area (Å²) in [7, 11) is 0. The van der Waals surface area contributed by atoms with Crippen LogP contribution in [0.1, 0.15) is 32.1 Å². The molecule has 0 amide bonds. The minimum absolute atomic E-state index is 1.05. The maximum absolute atomic E-state index is 2.25. The maximum atomic E-state index is 2.25. The van der Waals surface area contributed by atoms with E-state index in [1.54, 1.807) is 0 Å². The normalized spacial score (nSPS) is 38.0. The van der Waals surface area contributed by atoms with E-state index in [1.807, 2.05) is 0 Å². The Bertz CT molecular complexity index is 122. The zero-order valence-corrected chi connectivity index (χ0v) is 9.26. The van der Waals surface area contributed by atoms with Crippen LogP contribution in [0.25, 0.3) is 0 Å². The molecule has 2 rings (SSSR count). The Morgan fingerprint density at radius 2 is 1.75 bits per heavy atom. The first kappa shape index (κ1) is 9.26. The molecule has 12 heavy (non-hydrogen) atoms. The van der Waals surface area contributed by atoms with Gasteiger partial charge in [0.2, 0.25) is 0 Å². The van der Waals surface area contributed by atoms with E-state index in [-0.39, 0.29) is 0 Å². The minimum Gasteiger partial charge on any atom is -0.162 e. The first-order valence-corrected chi connectivity index (χ1v) is 7.36. The molecule has 2 aliphatic rings. The second kappa shape index (κ2) is 4.80. The van der Waals surface area contributed by atoms with Crippen molar-refractivity contribution in [1.29, 1.82) is 0 Å². The highest BCUT2D eigenvalue weighted by Gasteiger charge is 2.25. The molecule has 0 spiro atoms. The van der Waals surface area contributed by atoms with Gasteiger partial charge in [-0.3, -0.25) is 0 Å². The van der Waals surface area contributed by atoms with Gasteiger partial charge in [0.25, 0.3) is 0 Å². The predicted octanol–water partition coefficient (Wildman–Crippen LogP) is 3.42. The molecule has 2 heteroatoms. The molecule has 0 radical (unpaired) electrons. The smallest absolute Gasteiger partial charge is 0.00759 e. The summed E-state index contributed by atoms with van der Waals surface area (Å²) in [6.07, 6.45) is 7.50. The zero-order chi connectivity index (χ0) is 8.23. The van der Waals surface area contributed by atoms with Crippen molar-refractivity contribution in [2.75, 3.05) is 17.3 Å². The van der Waals surface area contributed by atoms with Crippen molar-refractivity contribution in [3.8, 4) is 0 Å². The minimum atomic E-state index is 1.05. The Balaban J connectivity index is 1.83. The fourth-order valence-electron chi connectivity index (χ4n) is 2.27. The molecule has 0 nitrogen and oxygen atoms in total. The summed E-state index contributed by atoms with van der Waals surface area (Å²) in [6, 6.07) is 0. The van der Waals surface area contributed by atoms with Crippen LogP contribution in [-0.4, -0.2) is 22.5 Å². The van der Waals surface area contributed by atoms with Gasteiger partial charge in [-0.15, -0.1) is 0 Å². The van der Waals surface area contributed by atoms with E-state index in [0.29, 0.717) is 0 Å². The van der Waals surface area contributed by atoms with E-state index in [2.05, 4.69) is 23.5 Å². The Hall–Kier alpha value is 0.700. The molecule has 2 heterocycles. The zero-order valence-electron chi connectivity index (χ0n) is 7.63. The van der Waals surface area contributed by atoms with E-state index >= 15 is 0 Å². The molecular weight excluding hydrogens is 184 g/mol. The van der Waals surface area contributed by atoms with Crippen LogP contribution in [0.15, 0.2) is 0 Å². The van der Waals surface area contributed by atoms with Crippen LogP contribution in [0, 0.1) is 5.92 Å². The molecule has 0 aliphatic carbocycles. The molecule has 2 fully saturated rings. The lowest BCUT2D eigenvalue weighted by atomic mass is 9.94. The summed E-state index contributed by atoms with van der Waals surface area (Å²) in [5, 5.41) is 1.05. The third kappa shape index (κ3) is 2.35. The van der Waals surface area contributed by atoms with Gasteiger partial charge in [0.05, 0.1) is 0 Å². The van der Waals surface area contributed by atoms with Gasteiger partial charge in [-0.05, 0) is 55.3 Å². The van der Waals surface area contributed by atoms with Gasteiger partial charge in [0.15, 0.2) is 0 Å². The number of rotatable bonds is 1. The highest BCUT2D eigenvalue weighted by atomic mass is 32.2. The van der Waals surface area contributed by atoms with E-state index in [1.165, 1.54) is 49.4 Å². The fraction of sp³-hybridized carbons (Fsp3) is 1.00. The Labute approximate surface area is 84.3 Å². The summed E-state index contributed by atoms with van der Waals surface area (Å²) in [5.41, 5.74) is 0. The predicted molar refractivity (Wildman–Crippen MR) is 60.1 cm³/mol. The van der Waals surface area contributed by atoms with Crippen LogP contribution >= 0.6 is 23.5 Å². The van der Waals surface area contributed by atoms with Gasteiger partial charge < -0.3 is 0 Å². The lowest BCUT2D eigenvalue weighted by Crippen LogP contribution is -2.14. The van der Waals surface area contributed by atoms with E-state index < -0.39 is 0 Å². The van der Waals surface area contributed by atoms with Crippen LogP contribution < -0.4 is 0 Å². The van der Waals surface area contributed by atoms with Crippen molar-refractivity contribution in [3.63, 3.8) is 0 Å². The fourth-order valence-corrected chi connectivity index (χ4v) is 4.83. The van der Waals surface area contributed by atoms with Crippen molar-refractivity contribution in [2.24, 2.45) is 5.92 Å². The van der Waals surface area contributed by atoms with Crippen LogP contribution in [0.2, 0.25) is 0 Å². The third-order valence-corrected chi connectivity index (χ3v) is 5.66. The topological polar surface area (TPSA) is 0 Å². The highest BCUT2D eigenvalue weighted by molar-refractivity contribution is 8.00. The van der Waals surface area contributed by atoms with E-state index in [9.17, 15) is 0 Å². The van der Waals surface area contributed by atoms with Crippen LogP contribution in [0.3, 0.4) is 0 Å². The largest absolute Gasteiger partial charge is 0.162 e. The summed E-state index contributed by atoms with van der Waals surface area (Å²) >= 11 is 4.42. The average Bonchev–Trinajstić information content (AvgIpc) is 2.48. The molecule has 0 saturated carbocycles. The highest BCUT2D eigenvalue weighted by Crippen LogP contribution is 2.37. The van der Waals surface area contributed by atoms with Gasteiger partial charge in [-0.25, -0.2) is 0 Å². The lowest BCUT2D eigenvalue weighted by molar-refractivity contribution is 0.449. The van der Waals surface area contributed by atoms with Crippen LogP contribution in [0.5, 0.6) is 0 Å². The Morgan fingerprint density at radius 3 is 2.58 bits per heavy atom. The summed E-state index contributed by atoms with van der Waals surface area (Å²) < 4.78 is 0. The second-order valence-electron chi connectivity index (χ2n) is 3.85. The van der Waals surface area contributed by atoms with E-state index in [0.717, 1.165) is 11.2 Å². The first-order chi connectivity index (χ1) is 5.97. The van der Waals surface area contributed by atoms with Crippen molar-refractivity contribution in [3.05, 3.63) is 0 Å². The van der Waals surface area contributed by atoms with Gasteiger partial charge in [0.1, 0.15) is 0 Å². The molecule has 0 N–H and O–H groups in total. The molecule has 2 aliphatic heterocycles. The molecule has 0 bridgehead atoms. The van der Waals surface area contributed by atoms with Gasteiger partial charge in [-0.1, -0.05) is 0 Å². The quantitative estimate of drug-likeness (QED) is 0.639. The molecule has 2 unspecified atom stereocenters. The maximum Gasteiger partial charge on any atom is 0.00759 e. The first-order valence-electron chi connectivity index (χ1n) is 5.16. The molecule has 70 valence electrons. The number of thioether (sulfide) groups is 2. The average molecular weight is 202 g/mol. The molecule has 0 aromatic heterocycles. The third-order valence-electron chi connectivity index (χ3n) is 2.99. The van der Waals surface area contributed by atoms with Gasteiger partial charge in [0, 0.05) is 5.25 Å². The lowest BCUT2D eigenvalue weighted by Gasteiger charge is -2.20. The number of hydrogen-bond acceptors (Lipinski definition) is 2. The summed E-state index contributed by atoms with van der Waals surface area (Å²) in [4.78, 5) is 0. The van der Waals surface area contributed by atoms with Crippen molar-refractivity contribution >= 4 is 23.5 Å². The SMILES string of the molecule is C1CSCCC(C2CCCS2)C1. The van der Waals surface area contributed by atoms with Gasteiger partial charge in [-0.2, -0.15) is 23.5 Å². The van der Waals surface area contributed by atoms with Crippen LogP contribution in [-0.2, 0) is 0 Å². The monoisotopic (exact) mass is 202 g/mol. The second-order valence-corrected chi connectivity index (χ2v) is 6.43. The number of hydrogen-bond donors (Lipinski definition) is 0. The molecule has 0 aromatic carbocycles. The van der Waals surface area contributed by atoms with E-state index in [4.69, 9.17) is 0 Å². The molecule has 2 saturated heterocycles. The van der Waals surface area contributed by atoms with Crippen molar-refractivity contribution in [2.45, 2.75) is 37.4 Å². The standard InChI is InChI=1S/C10H18S2/c1-3-9(5-8-11-6-1)10-4-2-7-12-10/h9-10H,1-8H2. The Kier molecular flexibility index (Phi) is 3.71. The molecule has 2 atom stereocenters. The summed E-state index contributed by atoms with van der Waals surface area (Å²) in [5.74, 6) is 5.37. The molecular formula is C10H18S2. The molecule has 0 aromatic rings. The summed E-state index contributed by atoms with van der Waals surface area (Å²) in [6.45, 7) is 0. The van der Waals surface area contributed by atoms with Gasteiger partial charge >= 0.3 is 0 Å². The Morgan fingerprint density at radius 1 is 0.833 bits per heavy atom.